The number of thiophene rings is 1. The number of aromatic nitrogens is 2. The molecule has 2 N–H and O–H groups in total. The standard InChI is InChI=1S/C16H14BrN3S/c1-9-8-12(10(2)21-9)16-19-14(13(17)15(18)20-16)11-6-4-3-5-7-11/h3-8H,1-2H3,(H2,18,19,20). The Hall–Kier alpha value is -1.72. The van der Waals surface area contributed by atoms with Crippen molar-refractivity contribution in [3.8, 4) is 22.6 Å². The first-order valence-corrected chi connectivity index (χ1v) is 8.13. The van der Waals surface area contributed by atoms with Gasteiger partial charge in [0.25, 0.3) is 0 Å². The van der Waals surface area contributed by atoms with Gasteiger partial charge < -0.3 is 5.73 Å². The van der Waals surface area contributed by atoms with Crippen LogP contribution < -0.4 is 5.73 Å². The van der Waals surface area contributed by atoms with E-state index in [0.717, 1.165) is 21.3 Å². The van der Waals surface area contributed by atoms with Crippen LogP contribution in [0.25, 0.3) is 22.6 Å². The predicted molar refractivity (Wildman–Crippen MR) is 92.4 cm³/mol. The predicted octanol–water partition coefficient (Wildman–Crippen LogP) is 4.83. The third-order valence-electron chi connectivity index (χ3n) is 3.21. The highest BCUT2D eigenvalue weighted by Gasteiger charge is 2.15. The van der Waals surface area contributed by atoms with Gasteiger partial charge in [0.1, 0.15) is 5.82 Å². The van der Waals surface area contributed by atoms with E-state index in [2.05, 4.69) is 40.8 Å². The molecule has 3 rings (SSSR count). The summed E-state index contributed by atoms with van der Waals surface area (Å²) in [7, 11) is 0. The molecule has 21 heavy (non-hydrogen) atoms. The average molecular weight is 360 g/mol. The number of hydrogen-bond acceptors (Lipinski definition) is 4. The zero-order valence-corrected chi connectivity index (χ0v) is 14.1. The van der Waals surface area contributed by atoms with Crippen LogP contribution in [0.4, 0.5) is 5.82 Å². The van der Waals surface area contributed by atoms with Gasteiger partial charge in [-0.25, -0.2) is 9.97 Å². The summed E-state index contributed by atoms with van der Waals surface area (Å²) >= 11 is 5.24. The summed E-state index contributed by atoms with van der Waals surface area (Å²) in [5, 5.41) is 0. The molecule has 0 saturated carbocycles. The third kappa shape index (κ3) is 2.71. The smallest absolute Gasteiger partial charge is 0.163 e. The van der Waals surface area contributed by atoms with E-state index >= 15 is 0 Å². The molecule has 2 aromatic heterocycles. The Bertz CT molecular complexity index is 797. The molecule has 0 aliphatic heterocycles. The molecule has 3 aromatic rings. The molecule has 5 heteroatoms. The second kappa shape index (κ2) is 5.58. The number of nitrogens with zero attached hydrogens (tertiary/aromatic N) is 2. The van der Waals surface area contributed by atoms with E-state index < -0.39 is 0 Å². The van der Waals surface area contributed by atoms with Gasteiger partial charge in [0.15, 0.2) is 5.82 Å². The maximum atomic E-state index is 6.06. The Morgan fingerprint density at radius 2 is 1.81 bits per heavy atom. The average Bonchev–Trinajstić information content (AvgIpc) is 2.81. The lowest BCUT2D eigenvalue weighted by molar-refractivity contribution is 1.17. The second-order valence-corrected chi connectivity index (χ2v) is 7.04. The van der Waals surface area contributed by atoms with Gasteiger partial charge in [-0.3, -0.25) is 0 Å². The van der Waals surface area contributed by atoms with Crippen LogP contribution in [0.1, 0.15) is 9.75 Å². The molecule has 0 saturated heterocycles. The second-order valence-electron chi connectivity index (χ2n) is 4.79. The number of nitrogen functional groups attached to an aromatic ring is 1. The van der Waals surface area contributed by atoms with Crippen molar-refractivity contribution in [2.24, 2.45) is 0 Å². The van der Waals surface area contributed by atoms with Crippen LogP contribution in [0.15, 0.2) is 40.9 Å². The molecule has 0 amide bonds. The zero-order valence-electron chi connectivity index (χ0n) is 11.7. The lowest BCUT2D eigenvalue weighted by Crippen LogP contribution is -2.00. The van der Waals surface area contributed by atoms with Crippen LogP contribution in [-0.4, -0.2) is 9.97 Å². The van der Waals surface area contributed by atoms with Crippen molar-refractivity contribution >= 4 is 33.1 Å². The zero-order chi connectivity index (χ0) is 15.0. The summed E-state index contributed by atoms with van der Waals surface area (Å²) < 4.78 is 0.738. The highest BCUT2D eigenvalue weighted by Crippen LogP contribution is 2.34. The molecule has 0 aliphatic carbocycles. The van der Waals surface area contributed by atoms with Crippen LogP contribution in [0, 0.1) is 13.8 Å². The number of nitrogens with two attached hydrogens (primary N) is 1. The molecule has 106 valence electrons. The highest BCUT2D eigenvalue weighted by atomic mass is 79.9. The lowest BCUT2D eigenvalue weighted by atomic mass is 10.1. The first kappa shape index (κ1) is 14.2. The van der Waals surface area contributed by atoms with Gasteiger partial charge >= 0.3 is 0 Å². The topological polar surface area (TPSA) is 51.8 Å². The minimum Gasteiger partial charge on any atom is -0.383 e. The monoisotopic (exact) mass is 359 g/mol. The summed E-state index contributed by atoms with van der Waals surface area (Å²) in [4.78, 5) is 11.6. The molecule has 0 aliphatic rings. The van der Waals surface area contributed by atoms with Gasteiger partial charge in [-0.05, 0) is 35.8 Å². The fourth-order valence-electron chi connectivity index (χ4n) is 2.23. The van der Waals surface area contributed by atoms with E-state index in [-0.39, 0.29) is 0 Å². The van der Waals surface area contributed by atoms with Gasteiger partial charge in [-0.2, -0.15) is 0 Å². The fraction of sp³-hybridized carbons (Fsp3) is 0.125. The maximum Gasteiger partial charge on any atom is 0.163 e. The maximum absolute atomic E-state index is 6.06. The van der Waals surface area contributed by atoms with E-state index in [1.165, 1.54) is 9.75 Å². The van der Waals surface area contributed by atoms with Crippen LogP contribution in [-0.2, 0) is 0 Å². The van der Waals surface area contributed by atoms with Gasteiger partial charge in [0.2, 0.25) is 0 Å². The minimum absolute atomic E-state index is 0.460. The summed E-state index contributed by atoms with van der Waals surface area (Å²) in [6, 6.07) is 12.1. The largest absolute Gasteiger partial charge is 0.383 e. The van der Waals surface area contributed by atoms with Crippen LogP contribution in [0.3, 0.4) is 0 Å². The molecular weight excluding hydrogens is 346 g/mol. The molecule has 0 bridgehead atoms. The molecule has 3 nitrogen and oxygen atoms in total. The SMILES string of the molecule is Cc1cc(-c2nc(N)c(Br)c(-c3ccccc3)n2)c(C)s1. The van der Waals surface area contributed by atoms with Gasteiger partial charge in [0.05, 0.1) is 10.2 Å². The highest BCUT2D eigenvalue weighted by molar-refractivity contribution is 9.10. The molecule has 0 radical (unpaired) electrons. The Labute approximate surface area is 136 Å². The minimum atomic E-state index is 0.460. The number of rotatable bonds is 2. The van der Waals surface area contributed by atoms with Crippen molar-refractivity contribution in [3.63, 3.8) is 0 Å². The van der Waals surface area contributed by atoms with Crippen molar-refractivity contribution < 1.29 is 0 Å². The fourth-order valence-corrected chi connectivity index (χ4v) is 3.55. The van der Waals surface area contributed by atoms with E-state index in [1.807, 2.05) is 30.3 Å². The Morgan fingerprint density at radius 3 is 2.43 bits per heavy atom. The molecule has 0 unspecified atom stereocenters. The van der Waals surface area contributed by atoms with Crippen LogP contribution >= 0.6 is 27.3 Å². The first-order valence-electron chi connectivity index (χ1n) is 6.52. The first-order chi connectivity index (χ1) is 10.1. The Balaban J connectivity index is 2.21. The molecule has 0 spiro atoms. The summed E-state index contributed by atoms with van der Waals surface area (Å²) in [5.41, 5.74) is 8.95. The van der Waals surface area contributed by atoms with E-state index in [9.17, 15) is 0 Å². The van der Waals surface area contributed by atoms with E-state index in [1.54, 1.807) is 11.3 Å². The number of halogens is 1. The third-order valence-corrected chi connectivity index (χ3v) is 4.95. The molecule has 2 heterocycles. The van der Waals surface area contributed by atoms with Crippen LogP contribution in [0.2, 0.25) is 0 Å². The van der Waals surface area contributed by atoms with Crippen molar-refractivity contribution in [3.05, 3.63) is 50.6 Å². The van der Waals surface area contributed by atoms with Crippen molar-refractivity contribution in [2.75, 3.05) is 5.73 Å². The van der Waals surface area contributed by atoms with Gasteiger partial charge in [-0.15, -0.1) is 11.3 Å². The number of benzene rings is 1. The van der Waals surface area contributed by atoms with Crippen molar-refractivity contribution in [1.29, 1.82) is 0 Å². The summed E-state index contributed by atoms with van der Waals surface area (Å²) in [6.07, 6.45) is 0. The van der Waals surface area contributed by atoms with E-state index in [0.29, 0.717) is 11.6 Å². The number of aryl methyl sites for hydroxylation is 2. The van der Waals surface area contributed by atoms with Gasteiger partial charge in [0, 0.05) is 20.9 Å². The van der Waals surface area contributed by atoms with Crippen molar-refractivity contribution in [1.82, 2.24) is 9.97 Å². The Kier molecular flexibility index (Phi) is 3.78. The van der Waals surface area contributed by atoms with Crippen molar-refractivity contribution in [2.45, 2.75) is 13.8 Å². The quantitative estimate of drug-likeness (QED) is 0.712. The van der Waals surface area contributed by atoms with Crippen LogP contribution in [0.5, 0.6) is 0 Å². The van der Waals surface area contributed by atoms with E-state index in [4.69, 9.17) is 10.7 Å². The molecular formula is C16H14BrN3S. The number of anilines is 1. The summed E-state index contributed by atoms with van der Waals surface area (Å²) in [6.45, 7) is 4.16. The molecule has 0 fully saturated rings. The normalized spacial score (nSPS) is 10.8. The lowest BCUT2D eigenvalue weighted by Gasteiger charge is -2.09. The Morgan fingerprint density at radius 1 is 1.10 bits per heavy atom. The summed E-state index contributed by atoms with van der Waals surface area (Å²) in [5.74, 6) is 1.14. The number of hydrogen-bond donors (Lipinski definition) is 1. The molecule has 1 aromatic carbocycles. The molecule has 0 atom stereocenters. The van der Waals surface area contributed by atoms with Gasteiger partial charge in [-0.1, -0.05) is 30.3 Å².